The monoisotopic (exact) mass is 1360 g/mol. The van der Waals surface area contributed by atoms with Gasteiger partial charge in [0, 0.05) is 88.6 Å². The minimum Gasteiger partial charge on any atom is -0.383 e. The zero-order chi connectivity index (χ0) is 70.8. The summed E-state index contributed by atoms with van der Waals surface area (Å²) in [7, 11) is 3.29. The van der Waals surface area contributed by atoms with Crippen molar-refractivity contribution in [1.82, 2.24) is 44.0 Å². The van der Waals surface area contributed by atoms with Crippen LogP contribution in [0.5, 0.6) is 0 Å². The van der Waals surface area contributed by atoms with E-state index in [1.807, 2.05) is 101 Å². The van der Waals surface area contributed by atoms with Gasteiger partial charge in [0.05, 0.1) is 37.4 Å². The molecule has 3 aromatic heterocycles. The lowest BCUT2D eigenvalue weighted by Crippen LogP contribution is -2.42. The number of nitrogen functional groups attached to an aromatic ring is 3. The van der Waals surface area contributed by atoms with E-state index in [2.05, 4.69) is 35.5 Å². The number of hydrogen-bond acceptors (Lipinski definition) is 15. The highest BCUT2D eigenvalue weighted by Crippen LogP contribution is 2.57. The molecule has 1 unspecified atom stereocenters. The molecule has 0 bridgehead atoms. The first-order chi connectivity index (χ1) is 48.1. The molecule has 5 saturated carbocycles. The van der Waals surface area contributed by atoms with Crippen molar-refractivity contribution in [3.8, 4) is 69.3 Å². The van der Waals surface area contributed by atoms with Crippen LogP contribution in [0.15, 0.2) is 72.8 Å². The zero-order valence-electron chi connectivity index (χ0n) is 57.8. The van der Waals surface area contributed by atoms with E-state index in [4.69, 9.17) is 63.9 Å². The maximum Gasteiger partial charge on any atom is 0.298 e. The van der Waals surface area contributed by atoms with Gasteiger partial charge in [0.15, 0.2) is 0 Å². The topological polar surface area (TPSA) is 349 Å². The molecule has 0 radical (unpaired) electrons. The van der Waals surface area contributed by atoms with Crippen molar-refractivity contribution < 1.29 is 43.0 Å². The molecule has 3 spiro atoms. The van der Waals surface area contributed by atoms with Crippen LogP contribution in [0, 0.1) is 63.6 Å². The zero-order valence-corrected chi connectivity index (χ0v) is 57.8. The predicted octanol–water partition coefficient (Wildman–Crippen LogP) is 7.98. The van der Waals surface area contributed by atoms with E-state index < -0.39 is 17.7 Å². The Kier molecular flexibility index (Phi) is 20.4. The Morgan fingerprint density at radius 3 is 1.13 bits per heavy atom. The highest BCUT2D eigenvalue weighted by molar-refractivity contribution is 6.05. The van der Waals surface area contributed by atoms with E-state index in [-0.39, 0.29) is 74.9 Å². The third kappa shape index (κ3) is 14.6. The summed E-state index contributed by atoms with van der Waals surface area (Å²) in [5.41, 5.74) is 44.1. The van der Waals surface area contributed by atoms with Gasteiger partial charge >= 0.3 is 0 Å². The van der Waals surface area contributed by atoms with Crippen LogP contribution in [0.3, 0.4) is 0 Å². The average Bonchev–Trinajstić information content (AvgIpc) is 1.59. The number of likely N-dealkylation sites (tertiary alicyclic amines) is 3. The van der Waals surface area contributed by atoms with Crippen LogP contribution in [0.4, 0.5) is 17.5 Å². The molecule has 6 heterocycles. The second-order valence-corrected chi connectivity index (χ2v) is 28.7. The van der Waals surface area contributed by atoms with Crippen molar-refractivity contribution in [1.29, 1.82) is 0 Å². The van der Waals surface area contributed by atoms with Gasteiger partial charge < -0.3 is 63.3 Å². The fourth-order valence-corrected chi connectivity index (χ4v) is 15.7. The number of benzene rings is 3. The highest BCUT2D eigenvalue weighted by atomic mass is 16.5. The fourth-order valence-electron chi connectivity index (χ4n) is 15.7. The SMILES string of the molecule is CC#CC(=O)N1CCC2(CC(n3nc(-c4ccc(C(C)OCC)cc4)c(C(N)=O)c3N)C2)C1.COCc1ccc(-c2nn(C3CC4(CCN(C(=O)C#CC5CC5)C4)C3)c(N)c2C(N)=O)cc1.COCc1ccc(-c2nn(C3CC4(CCN(C(=O)C#CC5CCC5)C4)C3)c(N)c2C(N)=O)cc1. The van der Waals surface area contributed by atoms with E-state index in [0.29, 0.717) is 72.7 Å². The predicted molar refractivity (Wildman–Crippen MR) is 378 cm³/mol. The summed E-state index contributed by atoms with van der Waals surface area (Å²) >= 11 is 0. The number of primary amides is 3. The van der Waals surface area contributed by atoms with Gasteiger partial charge in [-0.05, 0) is 155 Å². The summed E-state index contributed by atoms with van der Waals surface area (Å²) in [6.45, 7) is 11.6. The molecule has 8 fully saturated rings. The summed E-state index contributed by atoms with van der Waals surface area (Å²) in [6, 6.07) is 23.4. The third-order valence-electron chi connectivity index (χ3n) is 21.6. The van der Waals surface area contributed by atoms with Gasteiger partial charge in [0.1, 0.15) is 51.2 Å². The number of carbonyl (C=O) groups excluding carboxylic acids is 6. The fraction of sp³-hybridized carbons (Fsp3) is 0.487. The van der Waals surface area contributed by atoms with Crippen LogP contribution in [-0.4, -0.2) is 140 Å². The highest BCUT2D eigenvalue weighted by Gasteiger charge is 2.54. The van der Waals surface area contributed by atoms with Crippen molar-refractivity contribution in [3.63, 3.8) is 0 Å². The first kappa shape index (κ1) is 70.0. The lowest BCUT2D eigenvalue weighted by Gasteiger charge is -2.45. The molecule has 3 aliphatic heterocycles. The largest absolute Gasteiger partial charge is 0.383 e. The molecule has 24 nitrogen and oxygen atoms in total. The molecule has 5 aliphatic carbocycles. The normalized spacial score (nSPS) is 23.4. The maximum atomic E-state index is 12.5. The number of anilines is 3. The molecule has 3 saturated heterocycles. The van der Waals surface area contributed by atoms with Crippen molar-refractivity contribution in [2.24, 2.45) is 45.3 Å². The van der Waals surface area contributed by atoms with E-state index in [9.17, 15) is 28.8 Å². The quantitative estimate of drug-likeness (QED) is 0.0500. The van der Waals surface area contributed by atoms with Crippen LogP contribution < -0.4 is 34.4 Å². The Bertz CT molecular complexity index is 4300. The minimum absolute atomic E-state index is 0.0189. The first-order valence-corrected chi connectivity index (χ1v) is 34.8. The molecule has 14 rings (SSSR count). The van der Waals surface area contributed by atoms with E-state index in [1.54, 1.807) is 35.2 Å². The van der Waals surface area contributed by atoms with E-state index in [0.717, 1.165) is 150 Å². The standard InChI is InChI=1S/C26H31N5O3.C25H29N5O3.C25H31N5O3/c1-34-15-18-5-8-19(9-6-18)23-22(25(28)33)24(27)31(29-23)20-13-26(14-20)11-12-30(16-26)21(32)10-7-17-3-2-4-17;1-33-14-17-4-7-18(8-5-17)22-21(24(27)32)23(26)30(28-22)19-12-25(13-19)10-11-29(15-25)20(31)9-6-16-2-3-16;1-4-6-20(31)29-12-11-25(15-29)13-19(14-25)30-23(26)21(24(27)32)22(28-30)18-9-7-17(8-10-18)16(3)33-5-2/h5-6,8-9,17,20H,2-4,11-16,27H2,1H3,(H2,28,33);4-5,7-8,16,19H,2-3,10-15,26H2,1H3,(H2,27,32);7-10,16,19H,5,11-15,26H2,1-3H3,(H2,27,32). The molecule has 6 aromatic rings. The summed E-state index contributed by atoms with van der Waals surface area (Å²) in [5.74, 6) is 16.9. The Morgan fingerprint density at radius 2 is 0.840 bits per heavy atom. The second kappa shape index (κ2) is 29.1. The van der Waals surface area contributed by atoms with Gasteiger partial charge in [-0.25, -0.2) is 14.0 Å². The summed E-state index contributed by atoms with van der Waals surface area (Å²) in [6.07, 6.45) is 13.7. The number of amides is 6. The number of ether oxygens (including phenoxy) is 3. The molecule has 100 heavy (non-hydrogen) atoms. The Labute approximate surface area is 583 Å². The number of aromatic nitrogens is 6. The lowest BCUT2D eigenvalue weighted by atomic mass is 9.65. The van der Waals surface area contributed by atoms with Crippen LogP contribution in [0.25, 0.3) is 33.8 Å². The summed E-state index contributed by atoms with van der Waals surface area (Å²) < 4.78 is 21.2. The number of nitrogens with zero attached hydrogens (tertiary/aromatic N) is 9. The minimum atomic E-state index is -0.592. The number of hydrogen-bond donors (Lipinski definition) is 6. The molecule has 1 atom stereocenters. The summed E-state index contributed by atoms with van der Waals surface area (Å²) in [5, 5.41) is 14.2. The van der Waals surface area contributed by atoms with Crippen molar-refractivity contribution >= 4 is 52.9 Å². The van der Waals surface area contributed by atoms with Gasteiger partial charge in [0.25, 0.3) is 35.4 Å². The van der Waals surface area contributed by atoms with Gasteiger partial charge in [0.2, 0.25) is 0 Å². The molecule has 524 valence electrons. The van der Waals surface area contributed by atoms with Gasteiger partial charge in [-0.3, -0.25) is 28.8 Å². The molecule has 12 N–H and O–H groups in total. The number of rotatable bonds is 16. The molecule has 24 heteroatoms. The van der Waals surface area contributed by atoms with E-state index >= 15 is 0 Å². The van der Waals surface area contributed by atoms with Crippen LogP contribution in [-0.2, 0) is 41.8 Å². The number of methoxy groups -OCH3 is 2. The van der Waals surface area contributed by atoms with Crippen molar-refractivity contribution in [3.05, 3.63) is 106 Å². The van der Waals surface area contributed by atoms with E-state index in [1.165, 1.54) is 6.42 Å². The van der Waals surface area contributed by atoms with Gasteiger partial charge in [-0.2, -0.15) is 15.3 Å². The Balaban J connectivity index is 0.000000142. The van der Waals surface area contributed by atoms with Crippen LogP contribution >= 0.6 is 0 Å². The van der Waals surface area contributed by atoms with Gasteiger partial charge in [-0.1, -0.05) is 97.0 Å². The molecule has 3 aromatic carbocycles. The first-order valence-electron chi connectivity index (χ1n) is 34.8. The second-order valence-electron chi connectivity index (χ2n) is 28.7. The third-order valence-corrected chi connectivity index (χ3v) is 21.6. The summed E-state index contributed by atoms with van der Waals surface area (Å²) in [4.78, 5) is 79.4. The maximum absolute atomic E-state index is 12.5. The average molecular weight is 1360 g/mol. The Hall–Kier alpha value is -9.93. The van der Waals surface area contributed by atoms with Crippen molar-refractivity contribution in [2.75, 3.05) is 77.3 Å². The molecule has 6 amide bonds. The smallest absolute Gasteiger partial charge is 0.298 e. The number of nitrogens with two attached hydrogens (primary N) is 6. The Morgan fingerprint density at radius 1 is 0.510 bits per heavy atom. The van der Waals surface area contributed by atoms with Gasteiger partial charge in [-0.15, -0.1) is 0 Å². The van der Waals surface area contributed by atoms with Crippen molar-refractivity contribution in [2.45, 2.75) is 148 Å². The number of carbonyl (C=O) groups is 6. The molecule has 8 aliphatic rings. The molecular weight excluding hydrogens is 1270 g/mol. The lowest BCUT2D eigenvalue weighted by molar-refractivity contribution is -0.125. The van der Waals surface area contributed by atoms with Crippen LogP contribution in [0.2, 0.25) is 0 Å². The molecular formula is C76H91N15O9. The van der Waals surface area contributed by atoms with Crippen LogP contribution in [0.1, 0.15) is 183 Å².